The Hall–Kier alpha value is -4.15. The molecule has 7 nitrogen and oxygen atoms in total. The molecule has 3 rings (SSSR count). The maximum Gasteiger partial charge on any atom is 0.573 e. The van der Waals surface area contributed by atoms with E-state index in [1.165, 1.54) is 25.3 Å². The molecule has 3 aromatic rings. The Labute approximate surface area is 179 Å². The molecule has 0 bridgehead atoms. The topological polar surface area (TPSA) is 94.7 Å². The van der Waals surface area contributed by atoms with E-state index >= 15 is 0 Å². The average Bonchev–Trinajstić information content (AvgIpc) is 3.23. The first-order chi connectivity index (χ1) is 15.2. The van der Waals surface area contributed by atoms with Crippen LogP contribution < -0.4 is 4.74 Å². The third-order valence-electron chi connectivity index (χ3n) is 3.42. The van der Waals surface area contributed by atoms with Crippen LogP contribution in [0.2, 0.25) is 0 Å². The first-order valence-corrected chi connectivity index (χ1v) is 8.72. The predicted molar refractivity (Wildman–Crippen MR) is 106 cm³/mol. The fourth-order valence-corrected chi connectivity index (χ4v) is 2.13. The summed E-state index contributed by atoms with van der Waals surface area (Å²) in [6, 6.07) is 13.6. The maximum atomic E-state index is 14.1. The van der Waals surface area contributed by atoms with Crippen molar-refractivity contribution in [2.24, 2.45) is 0 Å². The van der Waals surface area contributed by atoms with Crippen molar-refractivity contribution in [1.82, 2.24) is 10.1 Å². The smallest absolute Gasteiger partial charge is 0.504 e. The van der Waals surface area contributed by atoms with Gasteiger partial charge >= 0.3 is 12.3 Å². The van der Waals surface area contributed by atoms with Gasteiger partial charge in [0.25, 0.3) is 5.89 Å². The lowest BCUT2D eigenvalue weighted by Gasteiger charge is -2.08. The van der Waals surface area contributed by atoms with Crippen molar-refractivity contribution in [2.75, 3.05) is 7.11 Å². The van der Waals surface area contributed by atoms with Crippen molar-refractivity contribution in [3.05, 3.63) is 78.4 Å². The maximum absolute atomic E-state index is 14.1. The summed E-state index contributed by atoms with van der Waals surface area (Å²) in [6.45, 7) is 0. The van der Waals surface area contributed by atoms with Gasteiger partial charge < -0.3 is 19.1 Å². The fourth-order valence-electron chi connectivity index (χ4n) is 2.13. The summed E-state index contributed by atoms with van der Waals surface area (Å²) in [6.07, 6.45) is -1.52. The molecule has 0 atom stereocenters. The van der Waals surface area contributed by atoms with Crippen molar-refractivity contribution in [3.63, 3.8) is 0 Å². The van der Waals surface area contributed by atoms with Gasteiger partial charge in [-0.05, 0) is 35.9 Å². The summed E-state index contributed by atoms with van der Waals surface area (Å²) in [7, 11) is 1.39. The molecule has 0 fully saturated rings. The molecule has 0 spiro atoms. The second kappa shape index (κ2) is 11.3. The number of ether oxygens (including phenoxy) is 2. The molecule has 0 saturated heterocycles. The van der Waals surface area contributed by atoms with Gasteiger partial charge in [0.05, 0.1) is 19.4 Å². The zero-order valence-electron chi connectivity index (χ0n) is 16.4. The lowest BCUT2D eigenvalue weighted by atomic mass is 10.2. The number of benzene rings is 2. The van der Waals surface area contributed by atoms with Crippen LogP contribution in [0.5, 0.6) is 5.75 Å². The molecule has 168 valence electrons. The molecule has 0 aliphatic heterocycles. The van der Waals surface area contributed by atoms with E-state index < -0.39 is 18.2 Å². The fraction of sp³-hybridized carbons (Fsp3) is 0.0952. The summed E-state index contributed by atoms with van der Waals surface area (Å²) >= 11 is 0. The van der Waals surface area contributed by atoms with Gasteiger partial charge in [-0.1, -0.05) is 35.5 Å². The number of aromatic nitrogens is 2. The number of halogens is 4. The Morgan fingerprint density at radius 3 is 2.28 bits per heavy atom. The van der Waals surface area contributed by atoms with Crippen LogP contribution in [0, 0.1) is 0 Å². The van der Waals surface area contributed by atoms with Gasteiger partial charge in [-0.15, -0.1) is 13.2 Å². The molecule has 32 heavy (non-hydrogen) atoms. The molecule has 0 aliphatic carbocycles. The molecule has 0 saturated carbocycles. The minimum absolute atomic E-state index is 0.0465. The standard InChI is InChI=1S/C17H10F4N2O2.C4H6O3/c18-14(10-11-4-2-1-3-5-11)16-22-15(23-25-16)12-6-8-13(9-7-12)24-17(19,20)21;1-7-3-2-4(5)6/h1-10H;2-3H,1H3,(H,5,6). The Bertz CT molecular complexity index is 1060. The molecule has 1 heterocycles. The van der Waals surface area contributed by atoms with E-state index in [0.29, 0.717) is 11.1 Å². The highest BCUT2D eigenvalue weighted by Crippen LogP contribution is 2.26. The van der Waals surface area contributed by atoms with Crippen LogP contribution in [-0.2, 0) is 9.53 Å². The van der Waals surface area contributed by atoms with Crippen LogP contribution in [0.4, 0.5) is 17.6 Å². The first-order valence-electron chi connectivity index (χ1n) is 8.72. The molecule has 2 aromatic carbocycles. The minimum Gasteiger partial charge on any atom is -0.504 e. The lowest BCUT2D eigenvalue weighted by molar-refractivity contribution is -0.274. The van der Waals surface area contributed by atoms with E-state index in [2.05, 4.69) is 19.6 Å². The van der Waals surface area contributed by atoms with E-state index in [-0.39, 0.29) is 17.5 Å². The van der Waals surface area contributed by atoms with Crippen LogP contribution >= 0.6 is 0 Å². The highest BCUT2D eigenvalue weighted by molar-refractivity contribution is 5.79. The Kier molecular flexibility index (Phi) is 8.52. The highest BCUT2D eigenvalue weighted by Gasteiger charge is 2.31. The zero-order valence-corrected chi connectivity index (χ0v) is 16.4. The number of methoxy groups -OCH3 is 1. The van der Waals surface area contributed by atoms with Gasteiger partial charge in [-0.2, -0.15) is 4.98 Å². The summed E-state index contributed by atoms with van der Waals surface area (Å²) in [4.78, 5) is 13.5. The number of carboxylic acid groups (broad SMARTS) is 1. The second-order valence-corrected chi connectivity index (χ2v) is 5.77. The summed E-state index contributed by atoms with van der Waals surface area (Å²) in [5.74, 6) is -2.38. The van der Waals surface area contributed by atoms with Crippen molar-refractivity contribution < 1.29 is 41.5 Å². The van der Waals surface area contributed by atoms with E-state index in [1.54, 1.807) is 30.3 Å². The van der Waals surface area contributed by atoms with Crippen LogP contribution in [0.1, 0.15) is 11.5 Å². The minimum atomic E-state index is -4.77. The molecule has 1 N–H and O–H groups in total. The van der Waals surface area contributed by atoms with Crippen LogP contribution in [-0.4, -0.2) is 34.7 Å². The van der Waals surface area contributed by atoms with Crippen LogP contribution in [0.15, 0.2) is 71.5 Å². The SMILES string of the molecule is COC=CC(=O)O.FC(=Cc1ccccc1)c1nc(-c2ccc(OC(F)(F)F)cc2)no1. The zero-order chi connectivity index (χ0) is 23.6. The molecule has 0 aliphatic rings. The third-order valence-corrected chi connectivity index (χ3v) is 3.42. The molecule has 0 amide bonds. The summed E-state index contributed by atoms with van der Waals surface area (Å²) < 4.78 is 63.4. The Morgan fingerprint density at radius 2 is 1.75 bits per heavy atom. The number of alkyl halides is 3. The molecule has 1 aromatic heterocycles. The summed E-state index contributed by atoms with van der Waals surface area (Å²) in [5.41, 5.74) is 0.977. The number of carboxylic acids is 1. The van der Waals surface area contributed by atoms with Crippen molar-refractivity contribution in [2.45, 2.75) is 6.36 Å². The number of carbonyl (C=O) groups is 1. The first kappa shape index (κ1) is 24.1. The largest absolute Gasteiger partial charge is 0.573 e. The molecule has 0 radical (unpaired) electrons. The van der Waals surface area contributed by atoms with Crippen molar-refractivity contribution in [1.29, 1.82) is 0 Å². The monoisotopic (exact) mass is 452 g/mol. The van der Waals surface area contributed by atoms with Gasteiger partial charge in [0.15, 0.2) is 5.83 Å². The number of nitrogens with zero attached hydrogens (tertiary/aromatic N) is 2. The second-order valence-electron chi connectivity index (χ2n) is 5.77. The molecular weight excluding hydrogens is 436 g/mol. The predicted octanol–water partition coefficient (Wildman–Crippen LogP) is 5.33. The average molecular weight is 452 g/mol. The van der Waals surface area contributed by atoms with E-state index in [9.17, 15) is 22.4 Å². The third kappa shape index (κ3) is 8.30. The van der Waals surface area contributed by atoms with Gasteiger partial charge in [-0.25, -0.2) is 9.18 Å². The molecule has 11 heteroatoms. The van der Waals surface area contributed by atoms with Crippen LogP contribution in [0.25, 0.3) is 23.3 Å². The van der Waals surface area contributed by atoms with Crippen LogP contribution in [0.3, 0.4) is 0 Å². The van der Waals surface area contributed by atoms with Crippen molar-refractivity contribution >= 4 is 17.9 Å². The lowest BCUT2D eigenvalue weighted by Crippen LogP contribution is -2.16. The van der Waals surface area contributed by atoms with Gasteiger partial charge in [0.1, 0.15) is 5.75 Å². The quantitative estimate of drug-likeness (QED) is 0.307. The van der Waals surface area contributed by atoms with Gasteiger partial charge in [0, 0.05) is 5.56 Å². The Balaban J connectivity index is 0.000000451. The Morgan fingerprint density at radius 1 is 1.09 bits per heavy atom. The van der Waals surface area contributed by atoms with E-state index in [0.717, 1.165) is 24.5 Å². The van der Waals surface area contributed by atoms with Gasteiger partial charge in [0.2, 0.25) is 5.82 Å². The van der Waals surface area contributed by atoms with Crippen molar-refractivity contribution in [3.8, 4) is 17.1 Å². The van der Waals surface area contributed by atoms with Gasteiger partial charge in [-0.3, -0.25) is 0 Å². The number of hydrogen-bond acceptors (Lipinski definition) is 6. The van der Waals surface area contributed by atoms with E-state index in [4.69, 9.17) is 9.63 Å². The highest BCUT2D eigenvalue weighted by atomic mass is 19.4. The number of hydrogen-bond donors (Lipinski definition) is 1. The number of rotatable bonds is 6. The molecular formula is C21H16F4N2O5. The normalized spacial score (nSPS) is 11.6. The summed E-state index contributed by atoms with van der Waals surface area (Å²) in [5, 5.41) is 11.5. The van der Waals surface area contributed by atoms with E-state index in [1.807, 2.05) is 0 Å². The number of aliphatic carboxylic acids is 1. The molecule has 0 unspecified atom stereocenters.